The number of fused-ring (bicyclic) bond motifs is 2. The van der Waals surface area contributed by atoms with Crippen LogP contribution in [0.25, 0.3) is 21.8 Å². The van der Waals surface area contributed by atoms with Crippen molar-refractivity contribution in [1.29, 1.82) is 0 Å². The van der Waals surface area contributed by atoms with Gasteiger partial charge in [0.15, 0.2) is 11.4 Å². The number of hydrogen-bond acceptors (Lipinski definition) is 7. The van der Waals surface area contributed by atoms with Gasteiger partial charge in [0, 0.05) is 18.5 Å². The number of carbonyl (C=O) groups excluding carboxylic acids is 1. The van der Waals surface area contributed by atoms with E-state index in [-0.39, 0.29) is 28.8 Å². The second-order valence-corrected chi connectivity index (χ2v) is 6.82. The number of hydrogen-bond donors (Lipinski definition) is 2. The van der Waals surface area contributed by atoms with Gasteiger partial charge in [-0.25, -0.2) is 4.79 Å². The van der Waals surface area contributed by atoms with Crippen LogP contribution < -0.4 is 10.3 Å². The van der Waals surface area contributed by atoms with Crippen LogP contribution in [0.4, 0.5) is 0 Å². The minimum absolute atomic E-state index is 0.190. The summed E-state index contributed by atoms with van der Waals surface area (Å²) in [5.41, 5.74) is 0.631. The molecular formula is C21H20N4O5. The predicted molar refractivity (Wildman–Crippen MR) is 110 cm³/mol. The van der Waals surface area contributed by atoms with Crippen LogP contribution >= 0.6 is 0 Å². The van der Waals surface area contributed by atoms with E-state index in [1.54, 1.807) is 31.3 Å². The first kappa shape index (κ1) is 19.4. The van der Waals surface area contributed by atoms with Gasteiger partial charge in [-0.05, 0) is 36.8 Å². The van der Waals surface area contributed by atoms with E-state index in [1.807, 2.05) is 6.92 Å². The highest BCUT2D eigenvalue weighted by atomic mass is 16.5. The zero-order valence-electron chi connectivity index (χ0n) is 16.5. The van der Waals surface area contributed by atoms with Gasteiger partial charge in [0.25, 0.3) is 5.56 Å². The Morgan fingerprint density at radius 2 is 1.83 bits per heavy atom. The average Bonchev–Trinajstić information content (AvgIpc) is 3.10. The minimum atomic E-state index is -0.766. The summed E-state index contributed by atoms with van der Waals surface area (Å²) in [6, 6.07) is 9.91. The van der Waals surface area contributed by atoms with E-state index in [0.717, 1.165) is 11.9 Å². The van der Waals surface area contributed by atoms with Crippen LogP contribution in [0.2, 0.25) is 0 Å². The van der Waals surface area contributed by atoms with Crippen molar-refractivity contribution in [3.8, 4) is 17.2 Å². The maximum Gasteiger partial charge on any atom is 0.358 e. The summed E-state index contributed by atoms with van der Waals surface area (Å²) in [4.78, 5) is 28.6. The number of esters is 1. The molecule has 2 aromatic heterocycles. The zero-order chi connectivity index (χ0) is 21.3. The summed E-state index contributed by atoms with van der Waals surface area (Å²) in [5.74, 6) is -0.177. The molecule has 0 fully saturated rings. The Kier molecular flexibility index (Phi) is 5.09. The lowest BCUT2D eigenvalue weighted by atomic mass is 10.1. The minimum Gasteiger partial charge on any atom is -0.505 e. The molecule has 0 atom stereocenters. The van der Waals surface area contributed by atoms with Crippen molar-refractivity contribution in [2.45, 2.75) is 19.8 Å². The molecule has 0 unspecified atom stereocenters. The van der Waals surface area contributed by atoms with E-state index in [9.17, 15) is 14.7 Å². The normalized spacial score (nSPS) is 11.1. The molecule has 0 aliphatic heterocycles. The van der Waals surface area contributed by atoms with E-state index < -0.39 is 11.5 Å². The molecule has 0 saturated carbocycles. The maximum atomic E-state index is 12.5. The van der Waals surface area contributed by atoms with Gasteiger partial charge in [0.1, 0.15) is 22.5 Å². The third-order valence-corrected chi connectivity index (χ3v) is 4.59. The molecule has 0 bridgehead atoms. The Bertz CT molecular complexity index is 1310. The summed E-state index contributed by atoms with van der Waals surface area (Å²) < 4.78 is 10.9. The highest BCUT2D eigenvalue weighted by molar-refractivity contribution is 5.99. The molecule has 0 saturated heterocycles. The number of aromatic amines is 1. The molecule has 0 aliphatic carbocycles. The molecule has 0 radical (unpaired) electrons. The van der Waals surface area contributed by atoms with E-state index >= 15 is 0 Å². The molecule has 4 rings (SSSR count). The number of aromatic hydroxyl groups is 1. The first-order valence-electron chi connectivity index (χ1n) is 9.51. The monoisotopic (exact) mass is 408 g/mol. The molecule has 4 aromatic rings. The topological polar surface area (TPSA) is 119 Å². The lowest BCUT2D eigenvalue weighted by Crippen LogP contribution is -2.16. The fourth-order valence-electron chi connectivity index (χ4n) is 3.09. The molecule has 0 amide bonds. The first-order valence-corrected chi connectivity index (χ1v) is 9.51. The van der Waals surface area contributed by atoms with E-state index in [4.69, 9.17) is 9.47 Å². The maximum absolute atomic E-state index is 12.5. The molecule has 30 heavy (non-hydrogen) atoms. The van der Waals surface area contributed by atoms with Crippen LogP contribution in [0, 0.1) is 0 Å². The Morgan fingerprint density at radius 3 is 2.63 bits per heavy atom. The second kappa shape index (κ2) is 7.86. The van der Waals surface area contributed by atoms with Crippen molar-refractivity contribution >= 4 is 27.8 Å². The lowest BCUT2D eigenvalue weighted by Gasteiger charge is -2.10. The van der Waals surface area contributed by atoms with Gasteiger partial charge in [0.05, 0.1) is 12.0 Å². The standard InChI is InChI=1S/C21H20N4O5/c1-3-4-9-29-21(28)18-19(26)14-7-5-12(10-15(14)20(27)22-18)30-13-6-8-16-17(11-13)24-25(2)23-16/h5-8,10-11,26H,3-4,9H2,1-2H3,(H,22,27). The van der Waals surface area contributed by atoms with E-state index in [2.05, 4.69) is 15.2 Å². The van der Waals surface area contributed by atoms with Crippen LogP contribution in [-0.4, -0.2) is 37.7 Å². The number of rotatable bonds is 6. The summed E-state index contributed by atoms with van der Waals surface area (Å²) in [6.45, 7) is 2.19. The number of benzene rings is 2. The average molecular weight is 408 g/mol. The van der Waals surface area contributed by atoms with Crippen LogP contribution in [0.3, 0.4) is 0 Å². The van der Waals surface area contributed by atoms with Crippen molar-refractivity contribution in [3.05, 3.63) is 52.4 Å². The van der Waals surface area contributed by atoms with Crippen molar-refractivity contribution in [3.63, 3.8) is 0 Å². The van der Waals surface area contributed by atoms with Gasteiger partial charge in [-0.2, -0.15) is 15.0 Å². The van der Waals surface area contributed by atoms with Gasteiger partial charge in [-0.1, -0.05) is 13.3 Å². The summed E-state index contributed by atoms with van der Waals surface area (Å²) >= 11 is 0. The Labute approximate surface area is 170 Å². The number of carbonyl (C=O) groups is 1. The molecule has 154 valence electrons. The van der Waals surface area contributed by atoms with Crippen LogP contribution in [0.15, 0.2) is 41.2 Å². The van der Waals surface area contributed by atoms with E-state index in [1.165, 1.54) is 16.9 Å². The number of aryl methyl sites for hydroxylation is 1. The number of pyridine rings is 1. The largest absolute Gasteiger partial charge is 0.505 e. The quantitative estimate of drug-likeness (QED) is 0.371. The van der Waals surface area contributed by atoms with Crippen molar-refractivity contribution in [1.82, 2.24) is 20.0 Å². The number of H-pyrrole nitrogens is 1. The number of ether oxygens (including phenoxy) is 2. The summed E-state index contributed by atoms with van der Waals surface area (Å²) in [7, 11) is 1.73. The Hall–Kier alpha value is -3.88. The van der Waals surface area contributed by atoms with Crippen molar-refractivity contribution < 1.29 is 19.4 Å². The number of aromatic nitrogens is 4. The van der Waals surface area contributed by atoms with Crippen molar-refractivity contribution in [2.24, 2.45) is 7.05 Å². The van der Waals surface area contributed by atoms with Gasteiger partial charge in [-0.3, -0.25) is 4.79 Å². The zero-order valence-corrected chi connectivity index (χ0v) is 16.5. The van der Waals surface area contributed by atoms with Crippen LogP contribution in [0.1, 0.15) is 30.3 Å². The van der Waals surface area contributed by atoms with Crippen LogP contribution in [-0.2, 0) is 11.8 Å². The number of nitrogens with one attached hydrogen (secondary N) is 1. The smallest absolute Gasteiger partial charge is 0.358 e. The van der Waals surface area contributed by atoms with Crippen LogP contribution in [0.5, 0.6) is 17.2 Å². The predicted octanol–water partition coefficient (Wildman–Crippen LogP) is 3.26. The molecular weight excluding hydrogens is 388 g/mol. The van der Waals surface area contributed by atoms with E-state index in [0.29, 0.717) is 23.4 Å². The third kappa shape index (κ3) is 3.69. The molecule has 2 heterocycles. The number of nitrogens with zero attached hydrogens (tertiary/aromatic N) is 3. The molecule has 0 aliphatic rings. The lowest BCUT2D eigenvalue weighted by molar-refractivity contribution is 0.0489. The second-order valence-electron chi connectivity index (χ2n) is 6.82. The molecule has 9 nitrogen and oxygen atoms in total. The fourth-order valence-corrected chi connectivity index (χ4v) is 3.09. The fraction of sp³-hybridized carbons (Fsp3) is 0.238. The molecule has 9 heteroatoms. The Balaban J connectivity index is 1.65. The highest BCUT2D eigenvalue weighted by Crippen LogP contribution is 2.31. The molecule has 2 aromatic carbocycles. The molecule has 0 spiro atoms. The summed E-state index contributed by atoms with van der Waals surface area (Å²) in [5, 5.41) is 19.3. The summed E-state index contributed by atoms with van der Waals surface area (Å²) in [6.07, 6.45) is 1.56. The van der Waals surface area contributed by atoms with Gasteiger partial charge < -0.3 is 19.6 Å². The highest BCUT2D eigenvalue weighted by Gasteiger charge is 2.19. The third-order valence-electron chi connectivity index (χ3n) is 4.59. The first-order chi connectivity index (χ1) is 14.5. The number of unbranched alkanes of at least 4 members (excludes halogenated alkanes) is 1. The van der Waals surface area contributed by atoms with Crippen molar-refractivity contribution in [2.75, 3.05) is 6.61 Å². The van der Waals surface area contributed by atoms with Gasteiger partial charge in [0.2, 0.25) is 0 Å². The molecule has 2 N–H and O–H groups in total. The Morgan fingerprint density at radius 1 is 1.10 bits per heavy atom. The van der Waals surface area contributed by atoms with Gasteiger partial charge >= 0.3 is 5.97 Å². The SMILES string of the molecule is CCCCOC(=O)c1[nH]c(=O)c2cc(Oc3ccc4nn(C)nc4c3)ccc2c1O. The van der Waals surface area contributed by atoms with Gasteiger partial charge in [-0.15, -0.1) is 0 Å².